The van der Waals surface area contributed by atoms with E-state index >= 15 is 0 Å². The van der Waals surface area contributed by atoms with Crippen LogP contribution in [0.15, 0.2) is 24.4 Å². The van der Waals surface area contributed by atoms with E-state index in [9.17, 15) is 5.11 Å². The highest BCUT2D eigenvalue weighted by molar-refractivity contribution is 7.15. The Labute approximate surface area is 160 Å². The van der Waals surface area contributed by atoms with Gasteiger partial charge in [0, 0.05) is 76.2 Å². The number of aromatic nitrogens is 2. The molecule has 1 aliphatic rings. The SMILES string of the molecule is Cc1cccc(CN2CCN(Cc3cnc(N(C)C)s3)C[C@H]2CCO)n1. The highest BCUT2D eigenvalue weighted by Gasteiger charge is 2.27. The summed E-state index contributed by atoms with van der Waals surface area (Å²) in [4.78, 5) is 17.4. The normalized spacial score (nSPS) is 19.0. The summed E-state index contributed by atoms with van der Waals surface area (Å²) in [7, 11) is 4.05. The van der Waals surface area contributed by atoms with Gasteiger partial charge < -0.3 is 10.0 Å². The van der Waals surface area contributed by atoms with Crippen LogP contribution in [0.25, 0.3) is 0 Å². The van der Waals surface area contributed by atoms with Crippen molar-refractivity contribution in [2.45, 2.75) is 32.5 Å². The first-order chi connectivity index (χ1) is 12.5. The summed E-state index contributed by atoms with van der Waals surface area (Å²) >= 11 is 1.75. The second-order valence-electron chi connectivity index (χ2n) is 7.15. The Bertz CT molecular complexity index is 705. The summed E-state index contributed by atoms with van der Waals surface area (Å²) in [6, 6.07) is 6.55. The molecular formula is C19H29N5OS. The number of rotatable bonds is 7. The number of aliphatic hydroxyl groups is 1. The predicted octanol–water partition coefficient (Wildman–Crippen LogP) is 1.98. The van der Waals surface area contributed by atoms with Gasteiger partial charge in [0.25, 0.3) is 0 Å². The summed E-state index contributed by atoms with van der Waals surface area (Å²) in [5.74, 6) is 0. The molecule has 0 bridgehead atoms. The first-order valence-electron chi connectivity index (χ1n) is 9.17. The third kappa shape index (κ3) is 5.01. The van der Waals surface area contributed by atoms with Crippen molar-refractivity contribution in [1.82, 2.24) is 19.8 Å². The molecule has 26 heavy (non-hydrogen) atoms. The van der Waals surface area contributed by atoms with E-state index < -0.39 is 0 Å². The van der Waals surface area contributed by atoms with Gasteiger partial charge in [-0.15, -0.1) is 11.3 Å². The smallest absolute Gasteiger partial charge is 0.185 e. The monoisotopic (exact) mass is 375 g/mol. The molecule has 0 amide bonds. The van der Waals surface area contributed by atoms with Gasteiger partial charge in [0.1, 0.15) is 0 Å². The van der Waals surface area contributed by atoms with E-state index in [0.717, 1.165) is 55.7 Å². The van der Waals surface area contributed by atoms with Gasteiger partial charge in [-0.1, -0.05) is 6.07 Å². The van der Waals surface area contributed by atoms with Crippen LogP contribution in [0.2, 0.25) is 0 Å². The second kappa shape index (κ2) is 8.90. The third-order valence-corrected chi connectivity index (χ3v) is 5.92. The Morgan fingerprint density at radius 2 is 2.12 bits per heavy atom. The Kier molecular flexibility index (Phi) is 6.58. The van der Waals surface area contributed by atoms with Crippen LogP contribution in [0.3, 0.4) is 0 Å². The van der Waals surface area contributed by atoms with Crippen molar-refractivity contribution < 1.29 is 5.11 Å². The van der Waals surface area contributed by atoms with E-state index in [1.807, 2.05) is 33.3 Å². The van der Waals surface area contributed by atoms with Crippen LogP contribution in [-0.4, -0.2) is 71.3 Å². The quantitative estimate of drug-likeness (QED) is 0.799. The fourth-order valence-corrected chi connectivity index (χ4v) is 4.30. The van der Waals surface area contributed by atoms with E-state index in [2.05, 4.69) is 36.8 Å². The van der Waals surface area contributed by atoms with Crippen LogP contribution in [0, 0.1) is 6.92 Å². The molecule has 1 atom stereocenters. The molecule has 2 aromatic rings. The summed E-state index contributed by atoms with van der Waals surface area (Å²) in [5, 5.41) is 10.6. The van der Waals surface area contributed by atoms with Crippen molar-refractivity contribution in [2.75, 3.05) is 45.2 Å². The molecular weight excluding hydrogens is 346 g/mol. The summed E-state index contributed by atoms with van der Waals surface area (Å²) in [6.45, 7) is 7.05. The molecule has 1 N–H and O–H groups in total. The molecule has 0 saturated carbocycles. The van der Waals surface area contributed by atoms with Crippen molar-refractivity contribution in [3.8, 4) is 0 Å². The lowest BCUT2D eigenvalue weighted by molar-refractivity contribution is 0.0496. The molecule has 3 heterocycles. The number of nitrogens with zero attached hydrogens (tertiary/aromatic N) is 5. The van der Waals surface area contributed by atoms with Crippen LogP contribution >= 0.6 is 11.3 Å². The lowest BCUT2D eigenvalue weighted by Crippen LogP contribution is -2.52. The Morgan fingerprint density at radius 1 is 1.27 bits per heavy atom. The summed E-state index contributed by atoms with van der Waals surface area (Å²) in [5.41, 5.74) is 2.17. The number of aryl methyl sites for hydroxylation is 1. The van der Waals surface area contributed by atoms with E-state index in [1.165, 1.54) is 4.88 Å². The molecule has 6 nitrogen and oxygen atoms in total. The molecule has 1 fully saturated rings. The van der Waals surface area contributed by atoms with Gasteiger partial charge in [-0.2, -0.15) is 0 Å². The zero-order valence-corrected chi connectivity index (χ0v) is 16.7. The number of anilines is 1. The fraction of sp³-hybridized carbons (Fsp3) is 0.579. The van der Waals surface area contributed by atoms with Gasteiger partial charge in [-0.3, -0.25) is 14.8 Å². The van der Waals surface area contributed by atoms with Crippen molar-refractivity contribution in [3.05, 3.63) is 40.7 Å². The molecule has 142 valence electrons. The number of piperazine rings is 1. The molecule has 7 heteroatoms. The van der Waals surface area contributed by atoms with E-state index in [4.69, 9.17) is 0 Å². The van der Waals surface area contributed by atoms with Crippen LogP contribution in [0.5, 0.6) is 0 Å². The molecule has 0 aliphatic carbocycles. The van der Waals surface area contributed by atoms with Crippen molar-refractivity contribution in [2.24, 2.45) is 0 Å². The summed E-state index contributed by atoms with van der Waals surface area (Å²) in [6.07, 6.45) is 2.79. The molecule has 3 rings (SSSR count). The number of hydrogen-bond donors (Lipinski definition) is 1. The molecule has 0 aromatic carbocycles. The maximum atomic E-state index is 9.51. The largest absolute Gasteiger partial charge is 0.396 e. The van der Waals surface area contributed by atoms with Gasteiger partial charge in [0.15, 0.2) is 5.13 Å². The van der Waals surface area contributed by atoms with Crippen LogP contribution < -0.4 is 4.90 Å². The molecule has 2 aromatic heterocycles. The van der Waals surface area contributed by atoms with E-state index in [0.29, 0.717) is 6.04 Å². The average molecular weight is 376 g/mol. The Balaban J connectivity index is 1.61. The minimum atomic E-state index is 0.224. The zero-order chi connectivity index (χ0) is 18.5. The number of thiazole rings is 1. The van der Waals surface area contributed by atoms with Crippen molar-refractivity contribution in [1.29, 1.82) is 0 Å². The van der Waals surface area contributed by atoms with E-state index in [-0.39, 0.29) is 6.61 Å². The minimum absolute atomic E-state index is 0.224. The number of pyridine rings is 1. The molecule has 1 aliphatic heterocycles. The van der Waals surface area contributed by atoms with Crippen LogP contribution in [-0.2, 0) is 13.1 Å². The Hall–Kier alpha value is -1.54. The highest BCUT2D eigenvalue weighted by atomic mass is 32.1. The van der Waals surface area contributed by atoms with E-state index in [1.54, 1.807) is 11.3 Å². The maximum absolute atomic E-state index is 9.51. The topological polar surface area (TPSA) is 55.7 Å². The van der Waals surface area contributed by atoms with Gasteiger partial charge in [0.2, 0.25) is 0 Å². The van der Waals surface area contributed by atoms with Crippen LogP contribution in [0.1, 0.15) is 22.7 Å². The number of aliphatic hydroxyl groups excluding tert-OH is 1. The van der Waals surface area contributed by atoms with Crippen molar-refractivity contribution in [3.63, 3.8) is 0 Å². The first-order valence-corrected chi connectivity index (χ1v) is 9.98. The second-order valence-corrected chi connectivity index (χ2v) is 8.24. The number of hydrogen-bond acceptors (Lipinski definition) is 7. The molecule has 1 saturated heterocycles. The lowest BCUT2D eigenvalue weighted by atomic mass is 10.1. The molecule has 0 radical (unpaired) electrons. The molecule has 0 unspecified atom stereocenters. The minimum Gasteiger partial charge on any atom is -0.396 e. The lowest BCUT2D eigenvalue weighted by Gasteiger charge is -2.41. The Morgan fingerprint density at radius 3 is 2.81 bits per heavy atom. The zero-order valence-electron chi connectivity index (χ0n) is 15.9. The summed E-state index contributed by atoms with van der Waals surface area (Å²) < 4.78 is 0. The fourth-order valence-electron chi connectivity index (χ4n) is 3.42. The molecule has 0 spiro atoms. The standard InChI is InChI=1S/C19H29N5OS/c1-15-5-4-6-16(21-15)12-24-9-8-23(13-17(24)7-10-25)14-18-11-20-19(26-18)22(2)3/h4-6,11,17,25H,7-10,12-14H2,1-3H3/t17-/m1/s1. The first kappa shape index (κ1) is 19.2. The van der Waals surface area contributed by atoms with Gasteiger partial charge in [-0.05, 0) is 25.5 Å². The van der Waals surface area contributed by atoms with Gasteiger partial charge in [0.05, 0.1) is 5.69 Å². The predicted molar refractivity (Wildman–Crippen MR) is 107 cm³/mol. The third-order valence-electron chi connectivity index (χ3n) is 4.77. The van der Waals surface area contributed by atoms with Gasteiger partial charge >= 0.3 is 0 Å². The maximum Gasteiger partial charge on any atom is 0.185 e. The average Bonchev–Trinajstić information content (AvgIpc) is 3.06. The van der Waals surface area contributed by atoms with Gasteiger partial charge in [-0.25, -0.2) is 4.98 Å². The van der Waals surface area contributed by atoms with Crippen molar-refractivity contribution >= 4 is 16.5 Å². The highest BCUT2D eigenvalue weighted by Crippen LogP contribution is 2.24. The van der Waals surface area contributed by atoms with Crippen LogP contribution in [0.4, 0.5) is 5.13 Å².